The number of oxime groups is 1. The average molecular weight is 1130 g/mol. The van der Waals surface area contributed by atoms with Crippen molar-refractivity contribution in [3.05, 3.63) is 72.4 Å². The van der Waals surface area contributed by atoms with Crippen LogP contribution in [0.5, 0.6) is 0 Å². The van der Waals surface area contributed by atoms with Gasteiger partial charge in [-0.15, -0.1) is 0 Å². The molecule has 1 saturated heterocycles. The molecule has 21 nitrogen and oxygen atoms in total. The molecule has 0 saturated carbocycles. The summed E-state index contributed by atoms with van der Waals surface area (Å²) in [6.07, 6.45) is 7.35. The smallest absolute Gasteiger partial charge is 0.326 e. The van der Waals surface area contributed by atoms with Gasteiger partial charge >= 0.3 is 5.97 Å². The number of carboxylic acids is 1. The second-order valence-corrected chi connectivity index (χ2v) is 20.4. The third-order valence-corrected chi connectivity index (χ3v) is 13.4. The van der Waals surface area contributed by atoms with E-state index in [1.807, 2.05) is 65.6 Å². The maximum Gasteiger partial charge on any atom is 0.326 e. The molecule has 1 heterocycles. The number of likely N-dealkylation sites (N-methyl/N-ethyl adjacent to an activating group) is 2. The molecule has 456 valence electrons. The molecule has 1 aromatic carbocycles. The lowest BCUT2D eigenvalue weighted by Crippen LogP contribution is -2.55. The molecule has 9 unspecified atom stereocenters. The van der Waals surface area contributed by atoms with Crippen LogP contribution in [0.25, 0.3) is 0 Å². The monoisotopic (exact) mass is 1130 g/mol. The van der Waals surface area contributed by atoms with Crippen molar-refractivity contribution in [2.24, 2.45) is 28.6 Å². The third-order valence-electron chi connectivity index (χ3n) is 13.4. The number of methoxy groups -OCH3 is 2. The molecule has 0 aromatic heterocycles. The maximum atomic E-state index is 14.2. The predicted octanol–water partition coefficient (Wildman–Crippen LogP) is 5.73. The molecule has 1 aliphatic rings. The number of aliphatic carboxylic acids is 1. The van der Waals surface area contributed by atoms with Crippen molar-refractivity contribution >= 4 is 41.8 Å². The fourth-order valence-electron chi connectivity index (χ4n) is 9.20. The van der Waals surface area contributed by atoms with E-state index in [4.69, 9.17) is 44.2 Å². The summed E-state index contributed by atoms with van der Waals surface area (Å²) in [4.78, 5) is 86.2. The molecule has 0 radical (unpaired) electrons. The van der Waals surface area contributed by atoms with Crippen molar-refractivity contribution in [3.8, 4) is 0 Å². The summed E-state index contributed by atoms with van der Waals surface area (Å²) in [5.41, 5.74) is 9.34. The van der Waals surface area contributed by atoms with Crippen molar-refractivity contribution in [1.29, 1.82) is 0 Å². The van der Waals surface area contributed by atoms with Gasteiger partial charge in [-0.1, -0.05) is 128 Å². The summed E-state index contributed by atoms with van der Waals surface area (Å²) in [5.74, 6) is -3.52. The van der Waals surface area contributed by atoms with Gasteiger partial charge in [0.15, 0.2) is 0 Å². The zero-order valence-electron chi connectivity index (χ0n) is 50.5. The number of likely N-dealkylation sites (tertiary alicyclic amines) is 1. The van der Waals surface area contributed by atoms with Crippen molar-refractivity contribution in [3.63, 3.8) is 0 Å². The van der Waals surface area contributed by atoms with Crippen LogP contribution in [0.3, 0.4) is 0 Å². The van der Waals surface area contributed by atoms with Gasteiger partial charge in [-0.3, -0.25) is 28.9 Å². The van der Waals surface area contributed by atoms with Gasteiger partial charge in [-0.25, -0.2) is 4.79 Å². The number of nitrogens with two attached hydrogens (primary N) is 1. The first-order valence-corrected chi connectivity index (χ1v) is 28.0. The highest BCUT2D eigenvalue weighted by atomic mass is 16.6. The normalized spacial score (nSPS) is 16.4. The summed E-state index contributed by atoms with van der Waals surface area (Å²) in [7, 11) is 6.50. The van der Waals surface area contributed by atoms with Crippen LogP contribution in [0.15, 0.2) is 66.4 Å². The van der Waals surface area contributed by atoms with Crippen LogP contribution in [0.2, 0.25) is 0 Å². The zero-order chi connectivity index (χ0) is 60.7. The first-order valence-electron chi connectivity index (χ1n) is 28.0. The van der Waals surface area contributed by atoms with E-state index in [-0.39, 0.29) is 61.5 Å². The maximum absolute atomic E-state index is 14.2. The number of hydrogen-bond acceptors (Lipinski definition) is 15. The first kappa shape index (κ1) is 74.5. The van der Waals surface area contributed by atoms with Crippen LogP contribution in [-0.2, 0) is 63.7 Å². The average Bonchev–Trinajstić information content (AvgIpc) is 3.90. The predicted molar refractivity (Wildman–Crippen MR) is 312 cm³/mol. The van der Waals surface area contributed by atoms with E-state index in [1.54, 1.807) is 42.0 Å². The lowest BCUT2D eigenvalue weighted by Gasteiger charge is -2.39. The Bertz CT molecular complexity index is 2020. The Balaban J connectivity index is 0.00000992. The second kappa shape index (κ2) is 43.2. The number of hydrogen-bond donors (Lipinski definition) is 5. The molecule has 9 atom stereocenters. The molecule has 0 aliphatic carbocycles. The highest BCUT2D eigenvalue weighted by Gasteiger charge is 2.42. The standard InChI is InChI=1S/C55H91N7O12.C3H8.CH2O2/c1-14-16-18-38(5)33-45(55(67)68)58-53(65)41(8)52(70-13)46-19-17-24-62(46)48(63)35-47(69-12)51(39(6)15-2)61(11)49(64)36-57-54(66)50(37(3)4)60(10)25-26-71-27-28-72-29-30-73-31-32-74-59-42(9)44-22-20-43(21-23-44)34-40(7)56;1-3-2;2-1-3/h14,16,18,20-23,37,39-41,45-47,50-52H,1,5,15,17,19,24-36,56H2,2-4,6-13H3,(H,57,66)(H,58,65)(H,67,68);3H2,1-2H3;1H,(H,2,3)/b18-16-,59-42+;;. The molecule has 2 rings (SSSR count). The molecule has 4 amide bonds. The third kappa shape index (κ3) is 28.7. The van der Waals surface area contributed by atoms with E-state index < -0.39 is 54.2 Å². The molecule has 1 aliphatic heterocycles. The number of carbonyl (C=O) groups excluding carboxylic acids is 4. The molecule has 6 N–H and O–H groups in total. The summed E-state index contributed by atoms with van der Waals surface area (Å²) in [5, 5.41) is 26.4. The Morgan fingerprint density at radius 2 is 1.48 bits per heavy atom. The van der Waals surface area contributed by atoms with Gasteiger partial charge in [0, 0.05) is 46.8 Å². The van der Waals surface area contributed by atoms with Gasteiger partial charge in [0.1, 0.15) is 12.6 Å². The molecule has 21 heteroatoms. The van der Waals surface area contributed by atoms with Crippen molar-refractivity contribution in [2.75, 3.05) is 94.2 Å². The molecular weight excluding hydrogens is 1030 g/mol. The Morgan fingerprint density at radius 1 is 0.900 bits per heavy atom. The first-order chi connectivity index (χ1) is 38.0. The van der Waals surface area contributed by atoms with Crippen LogP contribution < -0.4 is 16.4 Å². The minimum atomic E-state index is -1.21. The quantitative estimate of drug-likeness (QED) is 0.0174. The van der Waals surface area contributed by atoms with Gasteiger partial charge in [0.2, 0.25) is 23.6 Å². The number of carboxylic acid groups (broad SMARTS) is 2. The molecule has 1 fully saturated rings. The van der Waals surface area contributed by atoms with E-state index in [0.717, 1.165) is 17.7 Å². The number of benzene rings is 1. The summed E-state index contributed by atoms with van der Waals surface area (Å²) >= 11 is 0. The van der Waals surface area contributed by atoms with E-state index in [2.05, 4.69) is 54.9 Å². The number of ether oxygens (including phenoxy) is 5. The lowest BCUT2D eigenvalue weighted by atomic mass is 9.90. The van der Waals surface area contributed by atoms with Crippen LogP contribution >= 0.6 is 0 Å². The Labute approximate surface area is 478 Å². The molecule has 1 aromatic rings. The Hall–Kier alpha value is -5.55. The zero-order valence-corrected chi connectivity index (χ0v) is 50.5. The fraction of sp³-hybridized carbons (Fsp3) is 0.678. The Kier molecular flexibility index (Phi) is 40.2. The highest BCUT2D eigenvalue weighted by Crippen LogP contribution is 2.29. The number of nitrogens with one attached hydrogen (secondary N) is 2. The largest absolute Gasteiger partial charge is 0.483 e. The van der Waals surface area contributed by atoms with Crippen molar-refractivity contribution in [1.82, 2.24) is 25.3 Å². The summed E-state index contributed by atoms with van der Waals surface area (Å²) < 4.78 is 28.9. The van der Waals surface area contributed by atoms with E-state index in [0.29, 0.717) is 84.2 Å². The minimum absolute atomic E-state index is 0.00503. The molecule has 80 heavy (non-hydrogen) atoms. The molecule has 0 spiro atoms. The molecule has 0 bridgehead atoms. The van der Waals surface area contributed by atoms with Crippen LogP contribution in [0.4, 0.5) is 0 Å². The number of carbonyl (C=O) groups is 6. The number of amides is 4. The lowest BCUT2D eigenvalue weighted by molar-refractivity contribution is -0.147. The number of rotatable bonds is 38. The van der Waals surface area contributed by atoms with Gasteiger partial charge < -0.3 is 64.9 Å². The van der Waals surface area contributed by atoms with E-state index in [9.17, 15) is 29.1 Å². The summed E-state index contributed by atoms with van der Waals surface area (Å²) in [6, 6.07) is 5.51. The van der Waals surface area contributed by atoms with Gasteiger partial charge in [-0.2, -0.15) is 0 Å². The van der Waals surface area contributed by atoms with Gasteiger partial charge in [0.05, 0.1) is 94.6 Å². The van der Waals surface area contributed by atoms with Crippen molar-refractivity contribution < 1.29 is 67.5 Å². The van der Waals surface area contributed by atoms with Crippen LogP contribution in [0, 0.1) is 17.8 Å². The van der Waals surface area contributed by atoms with Crippen molar-refractivity contribution in [2.45, 2.75) is 150 Å². The van der Waals surface area contributed by atoms with E-state index in [1.165, 1.54) is 26.2 Å². The van der Waals surface area contributed by atoms with Gasteiger partial charge in [0.25, 0.3) is 6.47 Å². The Morgan fingerprint density at radius 3 is 1.99 bits per heavy atom. The minimum Gasteiger partial charge on any atom is -0.483 e. The number of allylic oxidation sites excluding steroid dienone is 3. The van der Waals surface area contributed by atoms with E-state index >= 15 is 0 Å². The second-order valence-electron chi connectivity index (χ2n) is 20.4. The highest BCUT2D eigenvalue weighted by molar-refractivity contribution is 5.98. The van der Waals surface area contributed by atoms with Crippen LogP contribution in [-0.4, -0.2) is 203 Å². The fourth-order valence-corrected chi connectivity index (χ4v) is 9.20. The number of nitrogens with zero attached hydrogens (tertiary/aromatic N) is 4. The topological polar surface area (TPSA) is 270 Å². The van der Waals surface area contributed by atoms with Crippen LogP contribution in [0.1, 0.15) is 112 Å². The SMILES string of the molecule is C=C/C=C\C(=C)CC(NC(=O)C(C)C(OC)C1CCCN1C(=O)CC(OC)C(C(C)CC)N(C)C(=O)CNC(=O)C(C(C)C)N(C)CCOCCOCCOCCO/N=C(\C)c1ccc(CC(C)N)cc1)C(=O)O.CCC.O=CO. The molecular formula is C59H101N7O14. The summed E-state index contributed by atoms with van der Waals surface area (Å²) in [6.45, 7) is 28.2. The van der Waals surface area contributed by atoms with Gasteiger partial charge in [-0.05, 0) is 63.1 Å².